The van der Waals surface area contributed by atoms with Crippen molar-refractivity contribution in [1.82, 2.24) is 4.98 Å². The van der Waals surface area contributed by atoms with Crippen LogP contribution in [-0.2, 0) is 17.4 Å². The topological polar surface area (TPSA) is 50.2 Å². The number of carboxylic acid groups (broad SMARTS) is 1. The van der Waals surface area contributed by atoms with Gasteiger partial charge < -0.3 is 5.11 Å². The van der Waals surface area contributed by atoms with E-state index < -0.39 is 17.7 Å². The second-order valence-electron chi connectivity index (χ2n) is 4.15. The molecule has 0 spiro atoms. The molecule has 2 aromatic rings. The average molecular weight is 333 g/mol. The molecule has 21 heavy (non-hydrogen) atoms. The van der Waals surface area contributed by atoms with Crippen LogP contribution in [0.15, 0.2) is 33.5 Å². The van der Waals surface area contributed by atoms with Gasteiger partial charge in [0.25, 0.3) is 0 Å². The lowest BCUT2D eigenvalue weighted by Crippen LogP contribution is -2.06. The molecule has 1 aromatic carbocycles. The van der Waals surface area contributed by atoms with Crippen LogP contribution in [0.3, 0.4) is 0 Å². The fourth-order valence-electron chi connectivity index (χ4n) is 1.63. The third-order valence-corrected chi connectivity index (χ3v) is 4.87. The minimum Gasteiger partial charge on any atom is -0.481 e. The molecule has 0 aliphatic heterocycles. The number of aryl methyl sites for hydroxylation is 1. The number of carbonyl (C=O) groups is 1. The quantitative estimate of drug-likeness (QED) is 0.909. The molecule has 0 saturated carbocycles. The third-order valence-electron chi connectivity index (χ3n) is 2.57. The van der Waals surface area contributed by atoms with Gasteiger partial charge in [-0.1, -0.05) is 23.9 Å². The fourth-order valence-corrected chi connectivity index (χ4v) is 3.96. The van der Waals surface area contributed by atoms with Crippen LogP contribution in [0.25, 0.3) is 0 Å². The van der Waals surface area contributed by atoms with Crippen LogP contribution < -0.4 is 0 Å². The van der Waals surface area contributed by atoms with Crippen LogP contribution in [0.1, 0.15) is 16.1 Å². The van der Waals surface area contributed by atoms with E-state index in [1.54, 1.807) is 6.92 Å². The Balaban J connectivity index is 2.29. The summed E-state index contributed by atoms with van der Waals surface area (Å²) in [5.41, 5.74) is -0.183. The summed E-state index contributed by atoms with van der Waals surface area (Å²) in [5.74, 6) is -0.992. The lowest BCUT2D eigenvalue weighted by molar-refractivity contribution is -0.140. The van der Waals surface area contributed by atoms with E-state index in [4.69, 9.17) is 5.11 Å². The molecule has 1 heterocycles. The van der Waals surface area contributed by atoms with E-state index in [1.807, 2.05) is 0 Å². The van der Waals surface area contributed by atoms with Crippen molar-refractivity contribution in [3.8, 4) is 0 Å². The highest BCUT2D eigenvalue weighted by Crippen LogP contribution is 2.40. The molecule has 0 unspecified atom stereocenters. The van der Waals surface area contributed by atoms with Crippen molar-refractivity contribution in [3.05, 3.63) is 40.4 Å². The Morgan fingerprint density at radius 3 is 2.67 bits per heavy atom. The Hall–Kier alpha value is -1.54. The van der Waals surface area contributed by atoms with Crippen LogP contribution in [-0.4, -0.2) is 16.1 Å². The molecule has 0 aliphatic rings. The maximum Gasteiger partial charge on any atom is 0.417 e. The predicted molar refractivity (Wildman–Crippen MR) is 73.8 cm³/mol. The van der Waals surface area contributed by atoms with Gasteiger partial charge in [-0.2, -0.15) is 13.2 Å². The summed E-state index contributed by atoms with van der Waals surface area (Å²) in [6.07, 6.45) is -4.61. The second-order valence-corrected chi connectivity index (χ2v) is 6.53. The van der Waals surface area contributed by atoms with Crippen molar-refractivity contribution >= 4 is 29.1 Å². The summed E-state index contributed by atoms with van der Waals surface area (Å²) in [5, 5.41) is 8.76. The summed E-state index contributed by atoms with van der Waals surface area (Å²) < 4.78 is 39.1. The van der Waals surface area contributed by atoms with Gasteiger partial charge in [-0.3, -0.25) is 4.79 Å². The smallest absolute Gasteiger partial charge is 0.417 e. The molecule has 3 nitrogen and oxygen atoms in total. The van der Waals surface area contributed by atoms with Crippen LogP contribution in [0, 0.1) is 6.92 Å². The summed E-state index contributed by atoms with van der Waals surface area (Å²) in [6, 6.07) is 5.24. The lowest BCUT2D eigenvalue weighted by atomic mass is 10.2. The Morgan fingerprint density at radius 2 is 2.05 bits per heavy atom. The van der Waals surface area contributed by atoms with Crippen molar-refractivity contribution in [2.45, 2.75) is 28.8 Å². The molecule has 0 aliphatic carbocycles. The van der Waals surface area contributed by atoms with Gasteiger partial charge in [-0.25, -0.2) is 4.98 Å². The van der Waals surface area contributed by atoms with Gasteiger partial charge in [-0.05, 0) is 19.1 Å². The number of hydrogen-bond acceptors (Lipinski definition) is 4. The Bertz CT molecular complexity index is 668. The number of nitrogens with zero attached hydrogens (tertiary/aromatic N) is 1. The molecule has 0 fully saturated rings. The van der Waals surface area contributed by atoms with Gasteiger partial charge in [0.2, 0.25) is 0 Å². The first-order valence-corrected chi connectivity index (χ1v) is 7.43. The number of rotatable bonds is 4. The van der Waals surface area contributed by atoms with Crippen molar-refractivity contribution in [2.75, 3.05) is 0 Å². The largest absolute Gasteiger partial charge is 0.481 e. The molecule has 0 radical (unpaired) electrons. The van der Waals surface area contributed by atoms with Crippen LogP contribution in [0.2, 0.25) is 0 Å². The van der Waals surface area contributed by atoms with Gasteiger partial charge in [0.05, 0.1) is 17.7 Å². The Labute approximate surface area is 126 Å². The molecule has 8 heteroatoms. The number of aromatic nitrogens is 1. The maximum absolute atomic E-state index is 12.9. The number of carboxylic acids is 1. The highest BCUT2D eigenvalue weighted by atomic mass is 32.2. The molecule has 112 valence electrons. The molecule has 0 bridgehead atoms. The summed E-state index contributed by atoms with van der Waals surface area (Å²) >= 11 is 2.00. The maximum atomic E-state index is 12.9. The summed E-state index contributed by atoms with van der Waals surface area (Å²) in [6.45, 7) is 1.65. The molecular weight excluding hydrogens is 323 g/mol. The van der Waals surface area contributed by atoms with Gasteiger partial charge in [0.1, 0.15) is 0 Å². The first kappa shape index (κ1) is 15.8. The second kappa shape index (κ2) is 6.07. The number of thiazole rings is 1. The van der Waals surface area contributed by atoms with Crippen molar-refractivity contribution in [3.63, 3.8) is 0 Å². The average Bonchev–Trinajstić information content (AvgIpc) is 2.68. The monoisotopic (exact) mass is 333 g/mol. The predicted octanol–water partition coefficient (Wildman–Crippen LogP) is 4.25. The van der Waals surface area contributed by atoms with Gasteiger partial charge in [-0.15, -0.1) is 11.3 Å². The van der Waals surface area contributed by atoms with E-state index in [0.29, 0.717) is 14.9 Å². The minimum absolute atomic E-state index is 0.0561. The standard InChI is InChI=1S/C13H10F3NO2S2/c1-7-10(6-11(18)19)21-12(17-7)20-9-5-3-2-4-8(9)13(14,15)16/h2-5H,6H2,1H3,(H,18,19). The van der Waals surface area contributed by atoms with Gasteiger partial charge in [0.15, 0.2) is 4.34 Å². The molecule has 2 rings (SSSR count). The van der Waals surface area contributed by atoms with E-state index in [-0.39, 0.29) is 11.3 Å². The number of halogens is 3. The molecule has 0 amide bonds. The first-order valence-electron chi connectivity index (χ1n) is 5.79. The molecule has 0 saturated heterocycles. The Kier molecular flexibility index (Phi) is 4.58. The van der Waals surface area contributed by atoms with E-state index in [0.717, 1.165) is 29.2 Å². The number of benzene rings is 1. The van der Waals surface area contributed by atoms with E-state index in [9.17, 15) is 18.0 Å². The number of hydrogen-bond donors (Lipinski definition) is 1. The van der Waals surface area contributed by atoms with Crippen LogP contribution in [0.5, 0.6) is 0 Å². The minimum atomic E-state index is -4.43. The molecule has 1 aromatic heterocycles. The highest BCUT2D eigenvalue weighted by molar-refractivity contribution is 8.01. The van der Waals surface area contributed by atoms with Crippen molar-refractivity contribution in [2.24, 2.45) is 0 Å². The van der Waals surface area contributed by atoms with E-state index in [2.05, 4.69) is 4.98 Å². The third kappa shape index (κ3) is 3.98. The number of aliphatic carboxylic acids is 1. The summed E-state index contributed by atoms with van der Waals surface area (Å²) in [7, 11) is 0. The zero-order chi connectivity index (χ0) is 15.6. The Morgan fingerprint density at radius 1 is 1.38 bits per heavy atom. The van der Waals surface area contributed by atoms with E-state index in [1.165, 1.54) is 18.2 Å². The van der Waals surface area contributed by atoms with E-state index >= 15 is 0 Å². The highest BCUT2D eigenvalue weighted by Gasteiger charge is 2.33. The molecule has 0 atom stereocenters. The van der Waals surface area contributed by atoms with Crippen LogP contribution in [0.4, 0.5) is 13.2 Å². The van der Waals surface area contributed by atoms with Gasteiger partial charge in [0, 0.05) is 9.77 Å². The first-order chi connectivity index (χ1) is 9.77. The SMILES string of the molecule is Cc1nc(Sc2ccccc2C(F)(F)F)sc1CC(=O)O. The zero-order valence-electron chi connectivity index (χ0n) is 10.8. The fraction of sp³-hybridized carbons (Fsp3) is 0.231. The van der Waals surface area contributed by atoms with Crippen molar-refractivity contribution < 1.29 is 23.1 Å². The lowest BCUT2D eigenvalue weighted by Gasteiger charge is -2.10. The zero-order valence-corrected chi connectivity index (χ0v) is 12.4. The summed E-state index contributed by atoms with van der Waals surface area (Å²) in [4.78, 5) is 15.4. The molecular formula is C13H10F3NO2S2. The van der Waals surface area contributed by atoms with Gasteiger partial charge >= 0.3 is 12.1 Å². The molecule has 1 N–H and O–H groups in total. The normalized spacial score (nSPS) is 11.6. The van der Waals surface area contributed by atoms with Crippen LogP contribution >= 0.6 is 23.1 Å². The number of alkyl halides is 3. The van der Waals surface area contributed by atoms with Crippen molar-refractivity contribution in [1.29, 1.82) is 0 Å².